The molecular formula is C23H23N3O4. The lowest BCUT2D eigenvalue weighted by molar-refractivity contribution is -0.122. The molecule has 0 spiro atoms. The first kappa shape index (κ1) is 19.8. The van der Waals surface area contributed by atoms with Crippen molar-refractivity contribution in [1.82, 2.24) is 5.32 Å². The summed E-state index contributed by atoms with van der Waals surface area (Å²) in [6.07, 6.45) is 1.52. The van der Waals surface area contributed by atoms with E-state index in [2.05, 4.69) is 10.2 Å². The number of ether oxygens (including phenoxy) is 1. The molecule has 1 N–H and O–H groups in total. The maximum Gasteiger partial charge on any atom is 0.335 e. The van der Waals surface area contributed by atoms with E-state index in [9.17, 15) is 14.4 Å². The van der Waals surface area contributed by atoms with Gasteiger partial charge in [0.2, 0.25) is 0 Å². The monoisotopic (exact) mass is 405 g/mol. The van der Waals surface area contributed by atoms with Gasteiger partial charge < -0.3 is 9.64 Å². The number of hydrogen-bond donors (Lipinski definition) is 1. The van der Waals surface area contributed by atoms with Gasteiger partial charge in [0.15, 0.2) is 0 Å². The summed E-state index contributed by atoms with van der Waals surface area (Å²) < 4.78 is 5.37. The molecule has 7 nitrogen and oxygen atoms in total. The van der Waals surface area contributed by atoms with E-state index in [4.69, 9.17) is 4.74 Å². The second-order valence-electron chi connectivity index (χ2n) is 7.42. The Morgan fingerprint density at radius 3 is 2.23 bits per heavy atom. The van der Waals surface area contributed by atoms with E-state index in [-0.39, 0.29) is 5.57 Å². The lowest BCUT2D eigenvalue weighted by Gasteiger charge is -2.29. The highest BCUT2D eigenvalue weighted by molar-refractivity contribution is 6.39. The van der Waals surface area contributed by atoms with E-state index in [0.29, 0.717) is 24.5 Å². The molecule has 0 aliphatic carbocycles. The fourth-order valence-electron chi connectivity index (χ4n) is 3.53. The van der Waals surface area contributed by atoms with E-state index in [0.717, 1.165) is 34.8 Å². The van der Waals surface area contributed by atoms with Gasteiger partial charge in [-0.2, -0.15) is 0 Å². The Kier molecular flexibility index (Phi) is 5.37. The Labute approximate surface area is 174 Å². The minimum Gasteiger partial charge on any atom is -0.378 e. The largest absolute Gasteiger partial charge is 0.378 e. The van der Waals surface area contributed by atoms with Crippen molar-refractivity contribution in [3.8, 4) is 0 Å². The highest BCUT2D eigenvalue weighted by Gasteiger charge is 2.36. The number of hydrogen-bond acceptors (Lipinski definition) is 5. The molecule has 154 valence electrons. The van der Waals surface area contributed by atoms with Gasteiger partial charge in [0.25, 0.3) is 11.8 Å². The molecule has 0 unspecified atom stereocenters. The number of nitrogens with zero attached hydrogens (tertiary/aromatic N) is 2. The van der Waals surface area contributed by atoms with Gasteiger partial charge in [-0.25, -0.2) is 9.69 Å². The number of carbonyl (C=O) groups is 3. The number of imide groups is 2. The number of urea groups is 1. The molecule has 2 aromatic carbocycles. The molecule has 2 aliphatic rings. The first-order valence-electron chi connectivity index (χ1n) is 9.85. The molecule has 2 aliphatic heterocycles. The Hall–Kier alpha value is -3.45. The minimum atomic E-state index is -0.743. The Morgan fingerprint density at radius 2 is 1.57 bits per heavy atom. The summed E-state index contributed by atoms with van der Waals surface area (Å²) in [6, 6.07) is 12.2. The second-order valence-corrected chi connectivity index (χ2v) is 7.42. The summed E-state index contributed by atoms with van der Waals surface area (Å²) in [5.41, 5.74) is 4.13. The Morgan fingerprint density at radius 1 is 0.900 bits per heavy atom. The van der Waals surface area contributed by atoms with Crippen LogP contribution in [-0.2, 0) is 14.3 Å². The van der Waals surface area contributed by atoms with Crippen molar-refractivity contribution >= 4 is 35.3 Å². The fourth-order valence-corrected chi connectivity index (χ4v) is 3.53. The van der Waals surface area contributed by atoms with Crippen LogP contribution in [0, 0.1) is 13.8 Å². The van der Waals surface area contributed by atoms with Crippen LogP contribution in [0.1, 0.15) is 16.7 Å². The topological polar surface area (TPSA) is 79.0 Å². The highest BCUT2D eigenvalue weighted by atomic mass is 16.5. The quantitative estimate of drug-likeness (QED) is 0.628. The summed E-state index contributed by atoms with van der Waals surface area (Å²) in [5, 5.41) is 2.26. The van der Waals surface area contributed by atoms with Crippen LogP contribution in [0.25, 0.3) is 6.08 Å². The zero-order valence-electron chi connectivity index (χ0n) is 17.0. The zero-order chi connectivity index (χ0) is 21.3. The lowest BCUT2D eigenvalue weighted by atomic mass is 10.0. The van der Waals surface area contributed by atoms with Crippen LogP contribution < -0.4 is 15.1 Å². The molecule has 2 aromatic rings. The van der Waals surface area contributed by atoms with E-state index < -0.39 is 17.8 Å². The third-order valence-electron chi connectivity index (χ3n) is 5.43. The van der Waals surface area contributed by atoms with Crippen LogP contribution in [0.5, 0.6) is 0 Å². The molecular weight excluding hydrogens is 382 g/mol. The molecule has 4 amide bonds. The van der Waals surface area contributed by atoms with Gasteiger partial charge in [-0.15, -0.1) is 0 Å². The standard InChI is InChI=1S/C23H23N3O4/c1-15-3-6-19(13-16(15)2)26-22(28)20(21(27)24-23(26)29)14-17-4-7-18(8-5-17)25-9-11-30-12-10-25/h3-8,13-14H,9-12H2,1-2H3,(H,24,27,29). The van der Waals surface area contributed by atoms with Crippen LogP contribution >= 0.6 is 0 Å². The highest BCUT2D eigenvalue weighted by Crippen LogP contribution is 2.25. The SMILES string of the molecule is Cc1ccc(N2C(=O)NC(=O)C(=Cc3ccc(N4CCOCC4)cc3)C2=O)cc1C. The number of benzene rings is 2. The number of anilines is 2. The number of rotatable bonds is 3. The zero-order valence-corrected chi connectivity index (χ0v) is 17.0. The van der Waals surface area contributed by atoms with Gasteiger partial charge in [-0.05, 0) is 60.9 Å². The predicted molar refractivity (Wildman–Crippen MR) is 114 cm³/mol. The maximum atomic E-state index is 13.0. The van der Waals surface area contributed by atoms with Crippen molar-refractivity contribution in [2.24, 2.45) is 0 Å². The third-order valence-corrected chi connectivity index (χ3v) is 5.43. The van der Waals surface area contributed by atoms with Crippen LogP contribution in [0.3, 0.4) is 0 Å². The van der Waals surface area contributed by atoms with Crippen molar-refractivity contribution in [2.45, 2.75) is 13.8 Å². The Balaban J connectivity index is 1.61. The van der Waals surface area contributed by atoms with Crippen LogP contribution in [0.15, 0.2) is 48.0 Å². The third kappa shape index (κ3) is 3.84. The van der Waals surface area contributed by atoms with Crippen LogP contribution in [0.4, 0.5) is 16.2 Å². The molecule has 0 saturated carbocycles. The van der Waals surface area contributed by atoms with Gasteiger partial charge in [0.1, 0.15) is 5.57 Å². The van der Waals surface area contributed by atoms with Crippen LogP contribution in [0.2, 0.25) is 0 Å². The first-order chi connectivity index (χ1) is 14.4. The van der Waals surface area contributed by atoms with E-state index in [1.165, 1.54) is 6.08 Å². The van der Waals surface area contributed by atoms with Crippen molar-refractivity contribution in [2.75, 3.05) is 36.1 Å². The molecule has 30 heavy (non-hydrogen) atoms. The summed E-state index contributed by atoms with van der Waals surface area (Å²) >= 11 is 0. The number of nitrogens with one attached hydrogen (secondary N) is 1. The molecule has 0 radical (unpaired) electrons. The predicted octanol–water partition coefficient (Wildman–Crippen LogP) is 2.81. The molecule has 0 bridgehead atoms. The molecule has 2 heterocycles. The number of barbiturate groups is 1. The number of morpholine rings is 1. The summed E-state index contributed by atoms with van der Waals surface area (Å²) in [5.74, 6) is -1.33. The van der Waals surface area contributed by atoms with Gasteiger partial charge in [-0.1, -0.05) is 18.2 Å². The maximum absolute atomic E-state index is 13.0. The van der Waals surface area contributed by atoms with E-state index >= 15 is 0 Å². The summed E-state index contributed by atoms with van der Waals surface area (Å²) in [7, 11) is 0. The average molecular weight is 405 g/mol. The van der Waals surface area contributed by atoms with E-state index in [1.807, 2.05) is 44.2 Å². The van der Waals surface area contributed by atoms with Crippen molar-refractivity contribution < 1.29 is 19.1 Å². The normalized spacial score (nSPS) is 18.7. The molecule has 0 aromatic heterocycles. The summed E-state index contributed by atoms with van der Waals surface area (Å²) in [4.78, 5) is 41.0. The van der Waals surface area contributed by atoms with Gasteiger partial charge in [-0.3, -0.25) is 14.9 Å². The fraction of sp³-hybridized carbons (Fsp3) is 0.261. The number of carbonyl (C=O) groups excluding carboxylic acids is 3. The molecule has 4 rings (SSSR count). The van der Waals surface area contributed by atoms with Crippen molar-refractivity contribution in [1.29, 1.82) is 0 Å². The van der Waals surface area contributed by atoms with E-state index in [1.54, 1.807) is 12.1 Å². The number of aryl methyl sites for hydroxylation is 2. The molecule has 7 heteroatoms. The van der Waals surface area contributed by atoms with Crippen molar-refractivity contribution in [3.63, 3.8) is 0 Å². The Bertz CT molecular complexity index is 1040. The van der Waals surface area contributed by atoms with Gasteiger partial charge in [0, 0.05) is 18.8 Å². The second kappa shape index (κ2) is 8.12. The van der Waals surface area contributed by atoms with Gasteiger partial charge in [0.05, 0.1) is 18.9 Å². The molecule has 2 saturated heterocycles. The first-order valence-corrected chi connectivity index (χ1v) is 9.85. The molecule has 0 atom stereocenters. The van der Waals surface area contributed by atoms with Gasteiger partial charge >= 0.3 is 6.03 Å². The van der Waals surface area contributed by atoms with Crippen LogP contribution in [-0.4, -0.2) is 44.1 Å². The molecule has 2 fully saturated rings. The minimum absolute atomic E-state index is 0.0769. The lowest BCUT2D eigenvalue weighted by Crippen LogP contribution is -2.54. The number of amides is 4. The average Bonchev–Trinajstić information content (AvgIpc) is 2.74. The van der Waals surface area contributed by atoms with Crippen molar-refractivity contribution in [3.05, 3.63) is 64.7 Å². The summed E-state index contributed by atoms with van der Waals surface area (Å²) in [6.45, 7) is 6.91. The smallest absolute Gasteiger partial charge is 0.335 e.